The Hall–Kier alpha value is -2.45. The van der Waals surface area contributed by atoms with Crippen molar-refractivity contribution in [1.29, 1.82) is 0 Å². The van der Waals surface area contributed by atoms with Gasteiger partial charge in [-0.15, -0.1) is 11.3 Å². The van der Waals surface area contributed by atoms with Gasteiger partial charge in [-0.3, -0.25) is 4.79 Å². The van der Waals surface area contributed by atoms with Crippen molar-refractivity contribution in [2.24, 2.45) is 0 Å². The van der Waals surface area contributed by atoms with Gasteiger partial charge in [0.25, 0.3) is 0 Å². The van der Waals surface area contributed by atoms with Gasteiger partial charge in [0, 0.05) is 13.5 Å². The number of benzene rings is 2. The number of carbonyl (C=O) groups is 1. The van der Waals surface area contributed by atoms with E-state index in [0.29, 0.717) is 12.1 Å². The fourth-order valence-corrected chi connectivity index (χ4v) is 5.88. The van der Waals surface area contributed by atoms with E-state index in [1.807, 2.05) is 36.4 Å². The first-order chi connectivity index (χ1) is 15.3. The summed E-state index contributed by atoms with van der Waals surface area (Å²) in [5.41, 5.74) is 3.56. The molecule has 1 atom stereocenters. The maximum absolute atomic E-state index is 12.2. The number of nitrogens with one attached hydrogen (secondary N) is 1. The largest absolute Gasteiger partial charge is 0.458 e. The molecule has 1 aromatic heterocycles. The second-order valence-electron chi connectivity index (χ2n) is 7.73. The van der Waals surface area contributed by atoms with Crippen molar-refractivity contribution in [2.75, 3.05) is 11.1 Å². The molecule has 0 saturated heterocycles. The molecule has 1 unspecified atom stereocenters. The summed E-state index contributed by atoms with van der Waals surface area (Å²) >= 11 is 1.20. The molecule has 3 rings (SSSR count). The van der Waals surface area contributed by atoms with Crippen LogP contribution >= 0.6 is 11.3 Å². The van der Waals surface area contributed by atoms with Crippen molar-refractivity contribution in [3.8, 4) is 0 Å². The van der Waals surface area contributed by atoms with Crippen LogP contribution in [0.15, 0.2) is 46.8 Å². The van der Waals surface area contributed by atoms with E-state index in [-0.39, 0.29) is 22.2 Å². The van der Waals surface area contributed by atoms with Crippen LogP contribution in [-0.2, 0) is 25.9 Å². The molecule has 0 fully saturated rings. The van der Waals surface area contributed by atoms with E-state index in [1.54, 1.807) is 6.92 Å². The smallest absolute Gasteiger partial charge is 0.303 e. The third kappa shape index (κ3) is 6.07. The SMILES string of the molecule is CCCCCC(OC(C)=O)c1cccc(CNc2cccc3nc(S(=O)(=O)CC)sc23)c1. The zero-order valence-electron chi connectivity index (χ0n) is 18.8. The monoisotopic (exact) mass is 474 g/mol. The molecule has 6 nitrogen and oxygen atoms in total. The van der Waals surface area contributed by atoms with Crippen molar-refractivity contribution in [3.05, 3.63) is 53.6 Å². The van der Waals surface area contributed by atoms with Gasteiger partial charge >= 0.3 is 5.97 Å². The first-order valence-electron chi connectivity index (χ1n) is 11.0. The van der Waals surface area contributed by atoms with Crippen LogP contribution in [0.3, 0.4) is 0 Å². The highest BCUT2D eigenvalue weighted by atomic mass is 32.2. The van der Waals surface area contributed by atoms with Gasteiger partial charge in [-0.2, -0.15) is 0 Å². The third-order valence-corrected chi connectivity index (χ3v) is 8.52. The fourth-order valence-electron chi connectivity index (χ4n) is 3.50. The summed E-state index contributed by atoms with van der Waals surface area (Å²) in [5, 5.41) is 3.41. The lowest BCUT2D eigenvalue weighted by atomic mass is 10.0. The second-order valence-corrected chi connectivity index (χ2v) is 11.2. The first kappa shape index (κ1) is 24.2. The maximum atomic E-state index is 12.2. The number of aromatic nitrogens is 1. The van der Waals surface area contributed by atoms with Gasteiger partial charge in [-0.1, -0.05) is 57.0 Å². The van der Waals surface area contributed by atoms with Gasteiger partial charge in [-0.05, 0) is 36.1 Å². The topological polar surface area (TPSA) is 85.4 Å². The van der Waals surface area contributed by atoms with Crippen LogP contribution in [0.25, 0.3) is 10.2 Å². The Kier molecular flexibility index (Phi) is 8.26. The zero-order valence-corrected chi connectivity index (χ0v) is 20.4. The molecule has 0 saturated carbocycles. The number of hydrogen-bond acceptors (Lipinski definition) is 7. The molecule has 1 heterocycles. The number of unbranched alkanes of at least 4 members (excludes halogenated alkanes) is 2. The molecule has 1 N–H and O–H groups in total. The van der Waals surface area contributed by atoms with Crippen LogP contribution in [0.2, 0.25) is 0 Å². The van der Waals surface area contributed by atoms with Crippen LogP contribution in [0.1, 0.15) is 63.7 Å². The normalized spacial score (nSPS) is 12.6. The Morgan fingerprint density at radius 3 is 2.66 bits per heavy atom. The van der Waals surface area contributed by atoms with E-state index < -0.39 is 9.84 Å². The Labute approximate surface area is 193 Å². The highest BCUT2D eigenvalue weighted by Gasteiger charge is 2.19. The molecule has 0 bridgehead atoms. The Morgan fingerprint density at radius 1 is 1.16 bits per heavy atom. The van der Waals surface area contributed by atoms with Crippen molar-refractivity contribution in [2.45, 2.75) is 63.4 Å². The second kappa shape index (κ2) is 10.9. The fraction of sp³-hybridized carbons (Fsp3) is 0.417. The molecule has 0 aliphatic carbocycles. The number of nitrogens with zero attached hydrogens (tertiary/aromatic N) is 1. The molecule has 3 aromatic rings. The summed E-state index contributed by atoms with van der Waals surface area (Å²) in [7, 11) is -3.34. The molecule has 32 heavy (non-hydrogen) atoms. The third-order valence-electron chi connectivity index (χ3n) is 5.23. The van der Waals surface area contributed by atoms with E-state index in [1.165, 1.54) is 18.3 Å². The molecular formula is C24H30N2O4S2. The van der Waals surface area contributed by atoms with Gasteiger partial charge in [0.15, 0.2) is 0 Å². The van der Waals surface area contributed by atoms with Gasteiger partial charge in [0.1, 0.15) is 6.10 Å². The summed E-state index contributed by atoms with van der Waals surface area (Å²) in [6, 6.07) is 13.7. The number of rotatable bonds is 11. The van der Waals surface area contributed by atoms with Crippen molar-refractivity contribution in [3.63, 3.8) is 0 Å². The van der Waals surface area contributed by atoms with Crippen LogP contribution in [0, 0.1) is 0 Å². The van der Waals surface area contributed by atoms with Crippen LogP contribution in [0.4, 0.5) is 5.69 Å². The van der Waals surface area contributed by atoms with Crippen molar-refractivity contribution < 1.29 is 17.9 Å². The molecule has 0 aliphatic heterocycles. The van der Waals surface area contributed by atoms with Crippen LogP contribution in [0.5, 0.6) is 0 Å². The number of esters is 1. The highest BCUT2D eigenvalue weighted by molar-refractivity contribution is 7.93. The standard InChI is InChI=1S/C24H30N2O4S2/c1-4-6-7-14-22(30-17(3)27)19-11-8-10-18(15-19)16-25-20-12-9-13-21-23(20)31-24(26-21)32(28,29)5-2/h8-13,15,22,25H,4-7,14,16H2,1-3H3. The summed E-state index contributed by atoms with van der Waals surface area (Å²) in [4.78, 5) is 15.9. The number of fused-ring (bicyclic) bond motifs is 1. The molecule has 0 aliphatic rings. The molecule has 0 spiro atoms. The molecule has 0 radical (unpaired) electrons. The summed E-state index contributed by atoms with van der Waals surface area (Å²) in [5.74, 6) is -0.242. The molecule has 0 amide bonds. The van der Waals surface area contributed by atoms with Crippen molar-refractivity contribution >= 4 is 43.0 Å². The predicted molar refractivity (Wildman–Crippen MR) is 130 cm³/mol. The molecular weight excluding hydrogens is 444 g/mol. The van der Waals surface area contributed by atoms with E-state index >= 15 is 0 Å². The molecule has 8 heteroatoms. The number of hydrogen-bond donors (Lipinski definition) is 1. The number of ether oxygens (including phenoxy) is 1. The number of sulfone groups is 1. The van der Waals surface area contributed by atoms with Gasteiger partial charge < -0.3 is 10.1 Å². The predicted octanol–water partition coefficient (Wildman–Crippen LogP) is 5.89. The van der Waals surface area contributed by atoms with Gasteiger partial charge in [0.05, 0.1) is 21.7 Å². The first-order valence-corrected chi connectivity index (χ1v) is 13.4. The minimum Gasteiger partial charge on any atom is -0.458 e. The Balaban J connectivity index is 1.78. The lowest BCUT2D eigenvalue weighted by molar-refractivity contribution is -0.147. The zero-order chi connectivity index (χ0) is 23.1. The molecule has 172 valence electrons. The quantitative estimate of drug-likeness (QED) is 0.276. The average molecular weight is 475 g/mol. The maximum Gasteiger partial charge on any atom is 0.303 e. The Bertz CT molecular complexity index is 1170. The average Bonchev–Trinajstić information content (AvgIpc) is 3.23. The van der Waals surface area contributed by atoms with E-state index in [2.05, 4.69) is 23.3 Å². The van der Waals surface area contributed by atoms with E-state index in [9.17, 15) is 13.2 Å². The number of thiazole rings is 1. The summed E-state index contributed by atoms with van der Waals surface area (Å²) in [6.07, 6.45) is 3.78. The van der Waals surface area contributed by atoms with E-state index in [0.717, 1.165) is 47.2 Å². The highest BCUT2D eigenvalue weighted by Crippen LogP contribution is 2.32. The molecule has 2 aromatic carbocycles. The summed E-state index contributed by atoms with van der Waals surface area (Å²) in [6.45, 7) is 5.78. The number of anilines is 1. The Morgan fingerprint density at radius 2 is 1.94 bits per heavy atom. The van der Waals surface area contributed by atoms with Crippen LogP contribution in [-0.4, -0.2) is 25.1 Å². The minimum absolute atomic E-state index is 0.0319. The van der Waals surface area contributed by atoms with Crippen LogP contribution < -0.4 is 5.32 Å². The lowest BCUT2D eigenvalue weighted by Gasteiger charge is -2.18. The lowest BCUT2D eigenvalue weighted by Crippen LogP contribution is -2.09. The number of carbonyl (C=O) groups excluding carboxylic acids is 1. The van der Waals surface area contributed by atoms with Gasteiger partial charge in [-0.25, -0.2) is 13.4 Å². The minimum atomic E-state index is -3.34. The van der Waals surface area contributed by atoms with E-state index in [4.69, 9.17) is 4.74 Å². The summed E-state index contributed by atoms with van der Waals surface area (Å²) < 4.78 is 31.0. The van der Waals surface area contributed by atoms with Crippen molar-refractivity contribution in [1.82, 2.24) is 4.98 Å². The van der Waals surface area contributed by atoms with Gasteiger partial charge in [0.2, 0.25) is 14.2 Å².